The molecule has 162 valence electrons. The fourth-order valence-corrected chi connectivity index (χ4v) is 3.74. The Hall–Kier alpha value is -3.28. The van der Waals surface area contributed by atoms with E-state index in [0.29, 0.717) is 17.9 Å². The van der Waals surface area contributed by atoms with E-state index in [2.05, 4.69) is 6.92 Å². The topological polar surface area (TPSA) is 69.0 Å². The number of hydrogen-bond donors (Lipinski definition) is 0. The Balaban J connectivity index is 1.44. The molecule has 4 rings (SSSR count). The van der Waals surface area contributed by atoms with E-state index in [1.807, 2.05) is 41.3 Å². The first kappa shape index (κ1) is 21.0. The number of ether oxygens (including phenoxy) is 2. The van der Waals surface area contributed by atoms with Crippen LogP contribution in [0.1, 0.15) is 37.3 Å². The van der Waals surface area contributed by atoms with E-state index in [-0.39, 0.29) is 24.2 Å². The number of nitrogens with zero attached hydrogens (tertiary/aromatic N) is 1. The molecule has 6 nitrogen and oxygen atoms in total. The van der Waals surface area contributed by atoms with E-state index >= 15 is 0 Å². The normalized spacial score (nSPS) is 13.2. The van der Waals surface area contributed by atoms with Gasteiger partial charge in [-0.2, -0.15) is 0 Å². The Kier molecular flexibility index (Phi) is 6.26. The Bertz CT molecular complexity index is 1110. The second-order valence-corrected chi connectivity index (χ2v) is 7.89. The van der Waals surface area contributed by atoms with E-state index < -0.39 is 0 Å². The lowest BCUT2D eigenvalue weighted by Crippen LogP contribution is -2.36. The van der Waals surface area contributed by atoms with Crippen molar-refractivity contribution in [3.63, 3.8) is 0 Å². The Labute approximate surface area is 181 Å². The van der Waals surface area contributed by atoms with Crippen LogP contribution in [0.25, 0.3) is 11.0 Å². The minimum Gasteiger partial charge on any atom is -0.497 e. The van der Waals surface area contributed by atoms with Crippen LogP contribution < -0.4 is 15.1 Å². The van der Waals surface area contributed by atoms with Crippen LogP contribution in [0.5, 0.6) is 11.5 Å². The second kappa shape index (κ2) is 9.25. The molecule has 1 amide bonds. The summed E-state index contributed by atoms with van der Waals surface area (Å²) < 4.78 is 16.3. The molecule has 0 aliphatic heterocycles. The summed E-state index contributed by atoms with van der Waals surface area (Å²) >= 11 is 0. The van der Waals surface area contributed by atoms with Gasteiger partial charge in [-0.1, -0.05) is 25.5 Å². The van der Waals surface area contributed by atoms with Gasteiger partial charge in [0.25, 0.3) is 5.91 Å². The quantitative estimate of drug-likeness (QED) is 0.481. The van der Waals surface area contributed by atoms with Crippen LogP contribution in [0.15, 0.2) is 57.7 Å². The first-order chi connectivity index (χ1) is 15.1. The summed E-state index contributed by atoms with van der Waals surface area (Å²) in [5, 5.41) is 0.902. The van der Waals surface area contributed by atoms with E-state index in [0.717, 1.165) is 47.9 Å². The van der Waals surface area contributed by atoms with Gasteiger partial charge in [0.1, 0.15) is 17.1 Å². The van der Waals surface area contributed by atoms with Gasteiger partial charge in [0.05, 0.1) is 7.11 Å². The first-order valence-electron chi connectivity index (χ1n) is 10.7. The molecule has 0 N–H and O–H groups in total. The molecule has 3 aromatic rings. The maximum Gasteiger partial charge on any atom is 0.336 e. The van der Waals surface area contributed by atoms with Crippen LogP contribution in [-0.2, 0) is 17.8 Å². The maximum atomic E-state index is 12.9. The number of carbonyl (C=O) groups is 1. The van der Waals surface area contributed by atoms with E-state index in [1.54, 1.807) is 19.2 Å². The van der Waals surface area contributed by atoms with E-state index in [9.17, 15) is 9.59 Å². The molecule has 2 aromatic carbocycles. The maximum absolute atomic E-state index is 12.9. The second-order valence-electron chi connectivity index (χ2n) is 7.89. The highest BCUT2D eigenvalue weighted by atomic mass is 16.5. The van der Waals surface area contributed by atoms with E-state index in [1.165, 1.54) is 0 Å². The summed E-state index contributed by atoms with van der Waals surface area (Å²) in [6.45, 7) is 2.56. The van der Waals surface area contributed by atoms with Crippen molar-refractivity contribution in [2.24, 2.45) is 0 Å². The molecule has 1 aliphatic rings. The van der Waals surface area contributed by atoms with Gasteiger partial charge in [0.15, 0.2) is 6.61 Å². The number of carbonyl (C=O) groups excluding carboxylic acids is 1. The van der Waals surface area contributed by atoms with Crippen molar-refractivity contribution in [3.05, 3.63) is 70.1 Å². The smallest absolute Gasteiger partial charge is 0.336 e. The standard InChI is InChI=1S/C25H27NO5/c1-3-4-18-13-25(28)31-23-14-21(11-12-22(18)23)30-16-24(27)26(19-7-8-19)15-17-5-9-20(29-2)10-6-17/h5-6,9-14,19H,3-4,7-8,15-16H2,1-2H3. The first-order valence-corrected chi connectivity index (χ1v) is 10.7. The van der Waals surface area contributed by atoms with Crippen molar-refractivity contribution in [2.45, 2.75) is 45.2 Å². The van der Waals surface area contributed by atoms with Crippen LogP contribution in [-0.4, -0.2) is 30.6 Å². The number of fused-ring (bicyclic) bond motifs is 1. The van der Waals surface area contributed by atoms with Crippen molar-refractivity contribution in [1.29, 1.82) is 0 Å². The highest BCUT2D eigenvalue weighted by Gasteiger charge is 2.32. The van der Waals surface area contributed by atoms with Gasteiger partial charge < -0.3 is 18.8 Å². The lowest BCUT2D eigenvalue weighted by atomic mass is 10.1. The highest BCUT2D eigenvalue weighted by Crippen LogP contribution is 2.29. The molecule has 1 heterocycles. The molecule has 6 heteroatoms. The SMILES string of the molecule is CCCc1cc(=O)oc2cc(OCC(=O)N(Cc3ccc(OC)cc3)C3CC3)ccc12. The molecule has 0 bridgehead atoms. The minimum absolute atomic E-state index is 0.0559. The van der Waals surface area contributed by atoms with Gasteiger partial charge >= 0.3 is 5.63 Å². The molecule has 0 spiro atoms. The van der Waals surface area contributed by atoms with Crippen molar-refractivity contribution in [2.75, 3.05) is 13.7 Å². The van der Waals surface area contributed by atoms with Gasteiger partial charge in [-0.25, -0.2) is 4.79 Å². The van der Waals surface area contributed by atoms with Crippen LogP contribution in [0, 0.1) is 0 Å². The van der Waals surface area contributed by atoms with Gasteiger partial charge in [-0.3, -0.25) is 4.79 Å². The van der Waals surface area contributed by atoms with Crippen LogP contribution in [0.2, 0.25) is 0 Å². The number of methoxy groups -OCH3 is 1. The fraction of sp³-hybridized carbons (Fsp3) is 0.360. The summed E-state index contributed by atoms with van der Waals surface area (Å²) in [5.41, 5.74) is 2.13. The van der Waals surface area contributed by atoms with Crippen molar-refractivity contribution >= 4 is 16.9 Å². The predicted molar refractivity (Wildman–Crippen MR) is 119 cm³/mol. The molecule has 1 fully saturated rings. The zero-order chi connectivity index (χ0) is 21.8. The molecular formula is C25H27NO5. The third kappa shape index (κ3) is 5.08. The molecule has 0 unspecified atom stereocenters. The third-order valence-electron chi connectivity index (χ3n) is 5.50. The monoisotopic (exact) mass is 421 g/mol. The lowest BCUT2D eigenvalue weighted by molar-refractivity contribution is -0.134. The molecule has 31 heavy (non-hydrogen) atoms. The average molecular weight is 421 g/mol. The van der Waals surface area contributed by atoms with Crippen LogP contribution in [0.3, 0.4) is 0 Å². The van der Waals surface area contributed by atoms with Gasteiger partial charge in [-0.05, 0) is 54.7 Å². The zero-order valence-electron chi connectivity index (χ0n) is 17.9. The van der Waals surface area contributed by atoms with E-state index in [4.69, 9.17) is 13.9 Å². The number of hydrogen-bond acceptors (Lipinski definition) is 5. The summed E-state index contributed by atoms with van der Waals surface area (Å²) in [7, 11) is 1.63. The number of rotatable bonds is 9. The van der Waals surface area contributed by atoms with Crippen molar-refractivity contribution < 1.29 is 18.7 Å². The van der Waals surface area contributed by atoms with Gasteiger partial charge in [0.2, 0.25) is 0 Å². The summed E-state index contributed by atoms with van der Waals surface area (Å²) in [4.78, 5) is 26.6. The fourth-order valence-electron chi connectivity index (χ4n) is 3.74. The molecule has 1 aromatic heterocycles. The number of amides is 1. The zero-order valence-corrected chi connectivity index (χ0v) is 17.9. The highest BCUT2D eigenvalue weighted by molar-refractivity contribution is 5.82. The summed E-state index contributed by atoms with van der Waals surface area (Å²) in [6.07, 6.45) is 3.78. The Morgan fingerprint density at radius 3 is 2.52 bits per heavy atom. The predicted octanol–water partition coefficient (Wildman–Crippen LogP) is 4.32. The van der Waals surface area contributed by atoms with Crippen molar-refractivity contribution in [1.82, 2.24) is 4.90 Å². The average Bonchev–Trinajstić information content (AvgIpc) is 3.61. The number of aryl methyl sites for hydroxylation is 1. The Morgan fingerprint density at radius 2 is 1.84 bits per heavy atom. The lowest BCUT2D eigenvalue weighted by Gasteiger charge is -2.23. The third-order valence-corrected chi connectivity index (χ3v) is 5.50. The molecule has 1 aliphatic carbocycles. The minimum atomic E-state index is -0.372. The molecule has 0 radical (unpaired) electrons. The van der Waals surface area contributed by atoms with Gasteiger partial charge in [-0.15, -0.1) is 0 Å². The summed E-state index contributed by atoms with van der Waals surface area (Å²) in [5.74, 6) is 1.25. The molecule has 0 atom stereocenters. The molecular weight excluding hydrogens is 394 g/mol. The number of benzene rings is 2. The largest absolute Gasteiger partial charge is 0.497 e. The van der Waals surface area contributed by atoms with Crippen LogP contribution >= 0.6 is 0 Å². The molecule has 1 saturated carbocycles. The van der Waals surface area contributed by atoms with Crippen LogP contribution in [0.4, 0.5) is 0 Å². The summed E-state index contributed by atoms with van der Waals surface area (Å²) in [6, 6.07) is 15.0. The Morgan fingerprint density at radius 1 is 1.10 bits per heavy atom. The van der Waals surface area contributed by atoms with Gasteiger partial charge in [0, 0.05) is 30.1 Å². The van der Waals surface area contributed by atoms with Crippen molar-refractivity contribution in [3.8, 4) is 11.5 Å². The molecule has 0 saturated heterocycles.